The van der Waals surface area contributed by atoms with E-state index in [0.29, 0.717) is 33.0 Å². The summed E-state index contributed by atoms with van der Waals surface area (Å²) in [4.78, 5) is 32.7. The zero-order valence-corrected chi connectivity index (χ0v) is 43.5. The van der Waals surface area contributed by atoms with Crippen LogP contribution in [0.3, 0.4) is 0 Å². The molecule has 0 aliphatic carbocycles. The van der Waals surface area contributed by atoms with Gasteiger partial charge < -0.3 is 29.2 Å². The topological polar surface area (TPSA) is 187 Å². The highest BCUT2D eigenvalue weighted by Gasteiger charge is 2.39. The van der Waals surface area contributed by atoms with E-state index in [1.807, 2.05) is 0 Å². The molecule has 1 N–H and O–H groups in total. The Morgan fingerprint density at radius 1 is 0.681 bits per heavy atom. The van der Waals surface area contributed by atoms with Crippen LogP contribution in [0.5, 0.6) is 0 Å². The number of carbonyl (C=O) groups is 2. The molecule has 4 heterocycles. The van der Waals surface area contributed by atoms with Gasteiger partial charge in [0, 0.05) is 52.8 Å². The van der Waals surface area contributed by atoms with Crippen molar-refractivity contribution in [1.82, 2.24) is 20.2 Å². The Balaban J connectivity index is 0.000000330. The molecule has 6 rings (SSSR count). The normalized spacial score (nSPS) is 18.4. The Labute approximate surface area is 437 Å². The average molecular weight is 1170 g/mol. The van der Waals surface area contributed by atoms with E-state index < -0.39 is 93.7 Å². The number of nitrogens with one attached hydrogen (secondary N) is 1. The number of anilines is 2. The zero-order chi connectivity index (χ0) is 53.4. The fraction of sp³-hybridized carbons (Fsp3) is 0.442. The summed E-state index contributed by atoms with van der Waals surface area (Å²) in [6.45, 7) is 8.92. The number of alkyl halides is 6. The predicted molar refractivity (Wildman–Crippen MR) is 260 cm³/mol. The Bertz CT molecular complexity index is 2750. The number of aromatic nitrogens is 2. The molecule has 2 aliphatic heterocycles. The first-order valence-electron chi connectivity index (χ1n) is 20.5. The van der Waals surface area contributed by atoms with Crippen LogP contribution >= 0.6 is 58.0 Å². The number of rotatable bonds is 12. The number of nitrogens with zero attached hydrogens (tertiary/aromatic N) is 5. The van der Waals surface area contributed by atoms with Crippen LogP contribution in [0.15, 0.2) is 70.7 Å². The van der Waals surface area contributed by atoms with Crippen molar-refractivity contribution < 1.29 is 71.7 Å². The standard InChI is InChI=1S/C21H22Cl2F3N3O5S.C15H10Cl3F3N2O4S.C6H13NO.CH4/c1-12-9-28(10-13(2)34-12)20(30)19-18(6-14(22)8-27-19)29(11-33-3)35(31,32)15-4-5-17(23)16(7-15)21(24,25)26;1-27-7-23(12-4-8(16)6-22-13(12)14(18)24)28(25,26)9-2-3-11(17)10(5-9)15(19,20)21;1-5-3-7-4-6(2)8-5;/h4-8,12-13H,9-11H2,1-3H3;2-6H,7H2,1H3;5-7H,3-4H2,1-2H3;1H4. The molecule has 2 aromatic heterocycles. The van der Waals surface area contributed by atoms with Crippen molar-refractivity contribution in [3.8, 4) is 0 Å². The summed E-state index contributed by atoms with van der Waals surface area (Å²) in [6, 6.07) is 6.50. The van der Waals surface area contributed by atoms with E-state index >= 15 is 0 Å². The highest BCUT2D eigenvalue weighted by Crippen LogP contribution is 2.39. The molecule has 0 bridgehead atoms. The fourth-order valence-corrected chi connectivity index (χ4v) is 10.5. The Kier molecular flexibility index (Phi) is 22.7. The number of methoxy groups -OCH3 is 2. The van der Waals surface area contributed by atoms with Gasteiger partial charge in [-0.3, -0.25) is 9.59 Å². The number of benzene rings is 2. The van der Waals surface area contributed by atoms with Gasteiger partial charge in [-0.2, -0.15) is 26.3 Å². The molecule has 4 atom stereocenters. The van der Waals surface area contributed by atoms with Crippen LogP contribution in [0.25, 0.3) is 0 Å². The summed E-state index contributed by atoms with van der Waals surface area (Å²) in [5.74, 6) is -0.595. The quantitative estimate of drug-likeness (QED) is 0.0803. The van der Waals surface area contributed by atoms with Crippen molar-refractivity contribution >= 4 is 101 Å². The van der Waals surface area contributed by atoms with Crippen LogP contribution in [0, 0.1) is 0 Å². The first kappa shape index (κ1) is 62.5. The number of amides is 1. The summed E-state index contributed by atoms with van der Waals surface area (Å²) in [5.41, 5.74) is -4.02. The molecule has 1 amide bonds. The van der Waals surface area contributed by atoms with Crippen molar-refractivity contribution in [3.63, 3.8) is 0 Å². The lowest BCUT2D eigenvalue weighted by atomic mass is 10.2. The van der Waals surface area contributed by atoms with Crippen LogP contribution in [-0.4, -0.2) is 121 Å². The highest BCUT2D eigenvalue weighted by molar-refractivity contribution is 7.93. The third-order valence-electron chi connectivity index (χ3n) is 9.78. The summed E-state index contributed by atoms with van der Waals surface area (Å²) in [6.07, 6.45) is -7.28. The smallest absolute Gasteiger partial charge is 0.373 e. The van der Waals surface area contributed by atoms with Gasteiger partial charge >= 0.3 is 12.4 Å². The van der Waals surface area contributed by atoms with E-state index in [2.05, 4.69) is 29.1 Å². The van der Waals surface area contributed by atoms with Crippen molar-refractivity contribution in [1.29, 1.82) is 0 Å². The summed E-state index contributed by atoms with van der Waals surface area (Å²) in [5, 5.41) is 0.783. The molecule has 72 heavy (non-hydrogen) atoms. The molecule has 29 heteroatoms. The number of hydrogen-bond acceptors (Lipinski definition) is 13. The number of pyridine rings is 2. The lowest BCUT2D eigenvalue weighted by molar-refractivity contribution is -0.138. The molecule has 4 aromatic rings. The average Bonchev–Trinajstić information content (AvgIpc) is 3.26. The van der Waals surface area contributed by atoms with E-state index in [-0.39, 0.29) is 59.8 Å². The molecule has 4 unspecified atom stereocenters. The molecule has 2 saturated heterocycles. The van der Waals surface area contributed by atoms with Crippen molar-refractivity contribution in [2.24, 2.45) is 0 Å². The van der Waals surface area contributed by atoms with Gasteiger partial charge in [-0.05, 0) is 87.8 Å². The Hall–Kier alpha value is -3.79. The monoisotopic (exact) mass is 1160 g/mol. The van der Waals surface area contributed by atoms with Gasteiger partial charge in [0.1, 0.15) is 19.2 Å². The van der Waals surface area contributed by atoms with Crippen LogP contribution in [0.1, 0.15) is 67.2 Å². The highest BCUT2D eigenvalue weighted by atomic mass is 35.5. The number of ether oxygens (including phenoxy) is 4. The fourth-order valence-electron chi connectivity index (χ4n) is 6.82. The van der Waals surface area contributed by atoms with Crippen LogP contribution < -0.4 is 13.9 Å². The van der Waals surface area contributed by atoms with E-state index in [9.17, 15) is 52.8 Å². The number of sulfonamides is 2. The molecule has 2 aromatic carbocycles. The van der Waals surface area contributed by atoms with E-state index in [1.54, 1.807) is 13.8 Å². The number of halogens is 11. The third-order valence-corrected chi connectivity index (χ3v) is 14.5. The summed E-state index contributed by atoms with van der Waals surface area (Å²) < 4.78 is 155. The summed E-state index contributed by atoms with van der Waals surface area (Å²) in [7, 11) is -7.00. The van der Waals surface area contributed by atoms with Gasteiger partial charge in [0.25, 0.3) is 31.2 Å². The minimum absolute atomic E-state index is 0. The number of carbonyl (C=O) groups excluding carboxylic acids is 2. The van der Waals surface area contributed by atoms with Gasteiger partial charge in [0.05, 0.1) is 76.8 Å². The maximum absolute atomic E-state index is 13.5. The van der Waals surface area contributed by atoms with E-state index in [0.717, 1.165) is 56.7 Å². The van der Waals surface area contributed by atoms with Crippen molar-refractivity contribution in [3.05, 3.63) is 104 Å². The van der Waals surface area contributed by atoms with Crippen LogP contribution in [0.4, 0.5) is 37.7 Å². The predicted octanol–water partition coefficient (Wildman–Crippen LogP) is 10.1. The molecule has 0 saturated carbocycles. The maximum Gasteiger partial charge on any atom is 0.417 e. The van der Waals surface area contributed by atoms with Gasteiger partial charge in [-0.1, -0.05) is 53.8 Å². The third kappa shape index (κ3) is 16.1. The van der Waals surface area contributed by atoms with Crippen LogP contribution in [0.2, 0.25) is 20.1 Å². The van der Waals surface area contributed by atoms with E-state index in [4.69, 9.17) is 77.0 Å². The van der Waals surface area contributed by atoms with E-state index in [1.165, 1.54) is 24.3 Å². The van der Waals surface area contributed by atoms with Gasteiger partial charge in [-0.15, -0.1) is 0 Å². The van der Waals surface area contributed by atoms with Crippen LogP contribution in [-0.2, 0) is 51.3 Å². The van der Waals surface area contributed by atoms with Gasteiger partial charge in [0.2, 0.25) is 0 Å². The van der Waals surface area contributed by atoms with Gasteiger partial charge in [-0.25, -0.2) is 35.4 Å². The first-order valence-corrected chi connectivity index (χ1v) is 25.3. The molecule has 400 valence electrons. The first-order chi connectivity index (χ1) is 32.9. The minimum Gasteiger partial charge on any atom is -0.373 e. The largest absolute Gasteiger partial charge is 0.417 e. The SMILES string of the molecule is C.CC1CNCC(C)O1.COCN(c1cc(Cl)cnc1C(=O)Cl)S(=O)(=O)c1ccc(Cl)c(C(F)(F)F)c1.COCN(c1cc(Cl)cnc1C(=O)N1CC(C)OC(C)C1)S(=O)(=O)c1ccc(Cl)c(C(F)(F)F)c1. The minimum atomic E-state index is -4.89. The second kappa shape index (κ2) is 26.1. The number of hydrogen-bond donors (Lipinski definition) is 1. The second-order valence-corrected chi connectivity index (χ2v) is 21.3. The lowest BCUT2D eigenvalue weighted by Gasteiger charge is -2.35. The molecular formula is C43H49Cl5F6N6O10S2. The second-order valence-electron chi connectivity index (χ2n) is 15.5. The zero-order valence-electron chi connectivity index (χ0n) is 38.1. The molecule has 16 nitrogen and oxygen atoms in total. The molecular weight excluding hydrogens is 1120 g/mol. The van der Waals surface area contributed by atoms with Crippen molar-refractivity contribution in [2.45, 2.75) is 81.7 Å². The number of morpholine rings is 2. The Morgan fingerprint density at radius 2 is 1.06 bits per heavy atom. The maximum atomic E-state index is 13.5. The molecule has 0 spiro atoms. The molecule has 2 aliphatic rings. The molecule has 0 radical (unpaired) electrons. The lowest BCUT2D eigenvalue weighted by Crippen LogP contribution is -2.48. The van der Waals surface area contributed by atoms with Crippen molar-refractivity contribution in [2.75, 3.05) is 62.5 Å². The van der Waals surface area contributed by atoms with Gasteiger partial charge in [0.15, 0.2) is 5.69 Å². The molecule has 2 fully saturated rings. The Morgan fingerprint density at radius 3 is 1.40 bits per heavy atom. The summed E-state index contributed by atoms with van der Waals surface area (Å²) >= 11 is 28.5.